The molecule has 100 valence electrons. The predicted molar refractivity (Wildman–Crippen MR) is 71.2 cm³/mol. The Morgan fingerprint density at radius 1 is 1.35 bits per heavy atom. The largest absolute Gasteiger partial charge is 0.480 e. The zero-order valence-electron chi connectivity index (χ0n) is 11.2. The van der Waals surface area contributed by atoms with Crippen molar-refractivity contribution in [2.75, 3.05) is 6.26 Å². The maximum atomic E-state index is 11.6. The van der Waals surface area contributed by atoms with E-state index in [0.717, 1.165) is 6.42 Å². The summed E-state index contributed by atoms with van der Waals surface area (Å²) < 4.78 is 0. The molecule has 0 aliphatic heterocycles. The molecule has 0 bridgehead atoms. The summed E-state index contributed by atoms with van der Waals surface area (Å²) in [6.07, 6.45) is 3.05. The minimum Gasteiger partial charge on any atom is -0.480 e. The van der Waals surface area contributed by atoms with E-state index in [1.807, 2.05) is 6.26 Å². The van der Waals surface area contributed by atoms with Gasteiger partial charge in [0.2, 0.25) is 5.91 Å². The van der Waals surface area contributed by atoms with Crippen LogP contribution in [0.2, 0.25) is 0 Å². The molecular weight excluding hydrogens is 238 g/mol. The van der Waals surface area contributed by atoms with Crippen LogP contribution in [0.1, 0.15) is 40.5 Å². The third-order valence-corrected chi connectivity index (χ3v) is 3.44. The quantitative estimate of drug-likeness (QED) is 0.768. The standard InChI is InChI=1S/C12H23NO3S/c1-8(17-5)10(14)13-9(11(15)16)6-7-12(2,3)4/h8-9H,6-7H2,1-5H3,(H,13,14)(H,15,16). The van der Waals surface area contributed by atoms with Gasteiger partial charge >= 0.3 is 5.97 Å². The highest BCUT2D eigenvalue weighted by Gasteiger charge is 2.24. The van der Waals surface area contributed by atoms with E-state index in [9.17, 15) is 9.59 Å². The number of aliphatic carboxylic acids is 1. The highest BCUT2D eigenvalue weighted by Crippen LogP contribution is 2.21. The molecule has 1 amide bonds. The van der Waals surface area contributed by atoms with Crippen LogP contribution >= 0.6 is 11.8 Å². The van der Waals surface area contributed by atoms with Crippen molar-refractivity contribution in [2.45, 2.75) is 51.8 Å². The van der Waals surface area contributed by atoms with Crippen molar-refractivity contribution in [3.8, 4) is 0 Å². The molecule has 0 aromatic rings. The number of hydrogen-bond acceptors (Lipinski definition) is 3. The lowest BCUT2D eigenvalue weighted by Gasteiger charge is -2.22. The molecule has 0 spiro atoms. The number of carboxylic acid groups (broad SMARTS) is 1. The van der Waals surface area contributed by atoms with E-state index in [1.165, 1.54) is 11.8 Å². The number of nitrogens with one attached hydrogen (secondary N) is 1. The van der Waals surface area contributed by atoms with Gasteiger partial charge in [0.05, 0.1) is 5.25 Å². The maximum absolute atomic E-state index is 11.6. The molecule has 0 rings (SSSR count). The average molecular weight is 261 g/mol. The maximum Gasteiger partial charge on any atom is 0.326 e. The zero-order valence-corrected chi connectivity index (χ0v) is 12.1. The molecule has 0 radical (unpaired) electrons. The molecule has 0 saturated heterocycles. The van der Waals surface area contributed by atoms with Crippen LogP contribution in [0.4, 0.5) is 0 Å². The van der Waals surface area contributed by atoms with Crippen LogP contribution in [0.25, 0.3) is 0 Å². The molecule has 0 fully saturated rings. The van der Waals surface area contributed by atoms with E-state index >= 15 is 0 Å². The van der Waals surface area contributed by atoms with Crippen LogP contribution in [0.5, 0.6) is 0 Å². The first-order chi connectivity index (χ1) is 7.67. The topological polar surface area (TPSA) is 66.4 Å². The second-order valence-corrected chi connectivity index (χ2v) is 6.56. The monoisotopic (exact) mass is 261 g/mol. The lowest BCUT2D eigenvalue weighted by Crippen LogP contribution is -2.44. The fraction of sp³-hybridized carbons (Fsp3) is 0.833. The van der Waals surface area contributed by atoms with Gasteiger partial charge in [-0.3, -0.25) is 4.79 Å². The first-order valence-corrected chi connectivity index (χ1v) is 7.02. The summed E-state index contributed by atoms with van der Waals surface area (Å²) in [4.78, 5) is 22.7. The Balaban J connectivity index is 4.35. The number of amides is 1. The van der Waals surface area contributed by atoms with E-state index in [4.69, 9.17) is 5.11 Å². The summed E-state index contributed by atoms with van der Waals surface area (Å²) in [6.45, 7) is 7.93. The molecular formula is C12H23NO3S. The van der Waals surface area contributed by atoms with Crippen LogP contribution in [0, 0.1) is 5.41 Å². The minimum absolute atomic E-state index is 0.0730. The third kappa shape index (κ3) is 7.26. The van der Waals surface area contributed by atoms with Gasteiger partial charge in [-0.1, -0.05) is 20.8 Å². The number of thioether (sulfide) groups is 1. The Labute approximate surface area is 108 Å². The van der Waals surface area contributed by atoms with Gasteiger partial charge in [-0.2, -0.15) is 11.8 Å². The van der Waals surface area contributed by atoms with Crippen molar-refractivity contribution in [1.82, 2.24) is 5.32 Å². The average Bonchev–Trinajstić information content (AvgIpc) is 2.20. The van der Waals surface area contributed by atoms with Gasteiger partial charge in [0.15, 0.2) is 0 Å². The number of carbonyl (C=O) groups is 2. The van der Waals surface area contributed by atoms with Crippen LogP contribution < -0.4 is 5.32 Å². The summed E-state index contributed by atoms with van der Waals surface area (Å²) in [5.41, 5.74) is 0.0730. The highest BCUT2D eigenvalue weighted by molar-refractivity contribution is 7.99. The van der Waals surface area contributed by atoms with Gasteiger partial charge < -0.3 is 10.4 Å². The molecule has 0 aromatic carbocycles. The van der Waals surface area contributed by atoms with Gasteiger partial charge in [-0.15, -0.1) is 0 Å². The molecule has 2 atom stereocenters. The van der Waals surface area contributed by atoms with Gasteiger partial charge in [0.25, 0.3) is 0 Å². The number of hydrogen-bond donors (Lipinski definition) is 2. The Hall–Kier alpha value is -0.710. The van der Waals surface area contributed by atoms with Crippen molar-refractivity contribution in [3.05, 3.63) is 0 Å². The predicted octanol–water partition coefficient (Wildman–Crippen LogP) is 2.13. The van der Waals surface area contributed by atoms with Gasteiger partial charge in [0, 0.05) is 0 Å². The molecule has 4 nitrogen and oxygen atoms in total. The fourth-order valence-electron chi connectivity index (χ4n) is 1.23. The van der Waals surface area contributed by atoms with E-state index in [2.05, 4.69) is 26.1 Å². The Morgan fingerprint density at radius 2 is 1.88 bits per heavy atom. The molecule has 0 saturated carbocycles. The van der Waals surface area contributed by atoms with E-state index in [1.54, 1.807) is 6.92 Å². The van der Waals surface area contributed by atoms with E-state index in [-0.39, 0.29) is 16.6 Å². The summed E-state index contributed by atoms with van der Waals surface area (Å²) in [5, 5.41) is 11.4. The molecule has 17 heavy (non-hydrogen) atoms. The molecule has 0 heterocycles. The van der Waals surface area contributed by atoms with Crippen LogP contribution in [0.15, 0.2) is 0 Å². The SMILES string of the molecule is CSC(C)C(=O)NC(CCC(C)(C)C)C(=O)O. The first kappa shape index (κ1) is 16.3. The minimum atomic E-state index is -0.962. The summed E-state index contributed by atoms with van der Waals surface area (Å²) >= 11 is 1.41. The second-order valence-electron chi connectivity index (χ2n) is 5.38. The number of carbonyl (C=O) groups excluding carboxylic acids is 1. The van der Waals surface area contributed by atoms with Crippen molar-refractivity contribution < 1.29 is 14.7 Å². The van der Waals surface area contributed by atoms with Gasteiger partial charge in [0.1, 0.15) is 6.04 Å². The molecule has 2 N–H and O–H groups in total. The van der Waals surface area contributed by atoms with E-state index in [0.29, 0.717) is 6.42 Å². The molecule has 0 aliphatic rings. The van der Waals surface area contributed by atoms with Crippen LogP contribution in [-0.2, 0) is 9.59 Å². The Bertz CT molecular complexity index is 273. The van der Waals surface area contributed by atoms with Crippen LogP contribution in [0.3, 0.4) is 0 Å². The van der Waals surface area contributed by atoms with Crippen molar-refractivity contribution in [1.29, 1.82) is 0 Å². The number of rotatable bonds is 6. The molecule has 0 aliphatic carbocycles. The molecule has 0 aromatic heterocycles. The zero-order chi connectivity index (χ0) is 13.6. The lowest BCUT2D eigenvalue weighted by atomic mass is 9.88. The first-order valence-electron chi connectivity index (χ1n) is 5.73. The van der Waals surface area contributed by atoms with Crippen LogP contribution in [-0.4, -0.2) is 34.5 Å². The van der Waals surface area contributed by atoms with Crippen molar-refractivity contribution in [2.24, 2.45) is 5.41 Å². The highest BCUT2D eigenvalue weighted by atomic mass is 32.2. The second kappa shape index (κ2) is 6.89. The fourth-order valence-corrected chi connectivity index (χ4v) is 1.51. The van der Waals surface area contributed by atoms with Gasteiger partial charge in [-0.05, 0) is 31.4 Å². The summed E-state index contributed by atoms with van der Waals surface area (Å²) in [7, 11) is 0. The van der Waals surface area contributed by atoms with Gasteiger partial charge in [-0.25, -0.2) is 4.79 Å². The Morgan fingerprint density at radius 3 is 2.24 bits per heavy atom. The molecule has 2 unspecified atom stereocenters. The lowest BCUT2D eigenvalue weighted by molar-refractivity contribution is -0.142. The smallest absolute Gasteiger partial charge is 0.326 e. The van der Waals surface area contributed by atoms with Crippen molar-refractivity contribution >= 4 is 23.6 Å². The third-order valence-electron chi connectivity index (χ3n) is 2.52. The number of carboxylic acids is 1. The van der Waals surface area contributed by atoms with E-state index < -0.39 is 12.0 Å². The van der Waals surface area contributed by atoms with Crippen molar-refractivity contribution in [3.63, 3.8) is 0 Å². The summed E-state index contributed by atoms with van der Waals surface area (Å²) in [6, 6.07) is -0.781. The molecule has 5 heteroatoms. The normalized spacial score (nSPS) is 15.1. The Kier molecular flexibility index (Phi) is 6.60. The summed E-state index contributed by atoms with van der Waals surface area (Å²) in [5.74, 6) is -1.17.